The molecule has 0 aliphatic heterocycles. The van der Waals surface area contributed by atoms with Gasteiger partial charge in [-0.2, -0.15) is 0 Å². The molecule has 2 aromatic heterocycles. The molecule has 0 saturated carbocycles. The Kier molecular flexibility index (Phi) is 5.31. The second-order valence-corrected chi connectivity index (χ2v) is 6.45. The molecule has 0 atom stereocenters. The number of rotatable bonds is 7. The highest BCUT2D eigenvalue weighted by Crippen LogP contribution is 2.24. The average Bonchev–Trinajstić information content (AvgIpc) is 2.98. The molecule has 0 saturated heterocycles. The third kappa shape index (κ3) is 3.92. The van der Waals surface area contributed by atoms with Crippen LogP contribution < -0.4 is 0 Å². The predicted octanol–water partition coefficient (Wildman–Crippen LogP) is 4.14. The number of hydrogen-bond acceptors (Lipinski definition) is 4. The van der Waals surface area contributed by atoms with Crippen molar-refractivity contribution in [2.75, 3.05) is 13.7 Å². The van der Waals surface area contributed by atoms with E-state index in [-0.39, 0.29) is 0 Å². The van der Waals surface area contributed by atoms with Gasteiger partial charge in [-0.25, -0.2) is 4.98 Å². The molecule has 0 unspecified atom stereocenters. The maximum absolute atomic E-state index is 5.14. The number of nitrogens with zero attached hydrogens (tertiary/aromatic N) is 2. The van der Waals surface area contributed by atoms with Gasteiger partial charge in [0.15, 0.2) is 5.16 Å². The zero-order valence-electron chi connectivity index (χ0n) is 13.5. The number of fused-ring (bicyclic) bond motifs is 1. The number of pyridine rings is 1. The molecular formula is C18H21N3OS. The van der Waals surface area contributed by atoms with Gasteiger partial charge in [0.05, 0.1) is 16.7 Å². The molecule has 0 bridgehead atoms. The molecule has 5 heteroatoms. The number of imidazole rings is 1. The van der Waals surface area contributed by atoms with E-state index in [0.717, 1.165) is 47.1 Å². The monoisotopic (exact) mass is 327 g/mol. The first-order valence-electron chi connectivity index (χ1n) is 7.78. The van der Waals surface area contributed by atoms with Crippen molar-refractivity contribution in [3.05, 3.63) is 53.3 Å². The SMILES string of the molecule is COCCCc1ccnc(CSc2nc3ccccc3[nH]2)c1C. The standard InChI is InChI=1S/C18H21N3OS/c1-13-14(6-5-11-22-2)9-10-19-17(13)12-23-18-20-15-7-3-4-8-16(15)21-18/h3-4,7-10H,5-6,11-12H2,1-2H3,(H,20,21). The lowest BCUT2D eigenvalue weighted by Crippen LogP contribution is -2.00. The molecule has 4 nitrogen and oxygen atoms in total. The second kappa shape index (κ2) is 7.62. The summed E-state index contributed by atoms with van der Waals surface area (Å²) in [7, 11) is 1.74. The van der Waals surface area contributed by atoms with Gasteiger partial charge in [-0.1, -0.05) is 23.9 Å². The first kappa shape index (κ1) is 16.0. The number of para-hydroxylation sites is 2. The molecule has 0 radical (unpaired) electrons. The molecule has 3 aromatic rings. The van der Waals surface area contributed by atoms with Gasteiger partial charge in [0.25, 0.3) is 0 Å². The van der Waals surface area contributed by atoms with Gasteiger partial charge in [-0.3, -0.25) is 4.98 Å². The van der Waals surface area contributed by atoms with E-state index >= 15 is 0 Å². The lowest BCUT2D eigenvalue weighted by Gasteiger charge is -2.09. The van der Waals surface area contributed by atoms with Crippen LogP contribution in [0.4, 0.5) is 0 Å². The molecule has 2 heterocycles. The van der Waals surface area contributed by atoms with Crippen molar-refractivity contribution in [3.8, 4) is 0 Å². The number of aromatic amines is 1. The van der Waals surface area contributed by atoms with E-state index in [0.29, 0.717) is 0 Å². The van der Waals surface area contributed by atoms with Gasteiger partial charge in [0, 0.05) is 25.7 Å². The average molecular weight is 327 g/mol. The van der Waals surface area contributed by atoms with Crippen molar-refractivity contribution < 1.29 is 4.74 Å². The van der Waals surface area contributed by atoms with Crippen LogP contribution in [-0.2, 0) is 16.9 Å². The zero-order valence-corrected chi connectivity index (χ0v) is 14.3. The first-order chi connectivity index (χ1) is 11.3. The van der Waals surface area contributed by atoms with Crippen LogP contribution in [0, 0.1) is 6.92 Å². The maximum Gasteiger partial charge on any atom is 0.166 e. The number of thioether (sulfide) groups is 1. The van der Waals surface area contributed by atoms with Gasteiger partial charge in [-0.05, 0) is 49.1 Å². The quantitative estimate of drug-likeness (QED) is 0.523. The Balaban J connectivity index is 1.68. The Morgan fingerprint density at radius 3 is 2.91 bits per heavy atom. The van der Waals surface area contributed by atoms with Gasteiger partial charge in [-0.15, -0.1) is 0 Å². The molecule has 120 valence electrons. The second-order valence-electron chi connectivity index (χ2n) is 5.49. The number of hydrogen-bond donors (Lipinski definition) is 1. The smallest absolute Gasteiger partial charge is 0.166 e. The number of benzene rings is 1. The Hall–Kier alpha value is -1.85. The Morgan fingerprint density at radius 1 is 1.22 bits per heavy atom. The summed E-state index contributed by atoms with van der Waals surface area (Å²) in [5, 5.41) is 0.942. The summed E-state index contributed by atoms with van der Waals surface area (Å²) >= 11 is 1.70. The van der Waals surface area contributed by atoms with Crippen LogP contribution >= 0.6 is 11.8 Å². The number of aromatic nitrogens is 3. The van der Waals surface area contributed by atoms with Crippen LogP contribution in [0.2, 0.25) is 0 Å². The minimum atomic E-state index is 0.796. The van der Waals surface area contributed by atoms with E-state index in [1.54, 1.807) is 18.9 Å². The van der Waals surface area contributed by atoms with Gasteiger partial charge < -0.3 is 9.72 Å². The minimum Gasteiger partial charge on any atom is -0.385 e. The van der Waals surface area contributed by atoms with E-state index in [9.17, 15) is 0 Å². The Bertz CT molecular complexity index is 752. The number of H-pyrrole nitrogens is 1. The van der Waals surface area contributed by atoms with E-state index in [2.05, 4.69) is 27.9 Å². The highest BCUT2D eigenvalue weighted by atomic mass is 32.2. The number of nitrogens with one attached hydrogen (secondary N) is 1. The summed E-state index contributed by atoms with van der Waals surface area (Å²) in [4.78, 5) is 12.5. The Morgan fingerprint density at radius 2 is 2.09 bits per heavy atom. The molecular weight excluding hydrogens is 306 g/mol. The maximum atomic E-state index is 5.14. The van der Waals surface area contributed by atoms with E-state index in [1.807, 2.05) is 30.5 Å². The van der Waals surface area contributed by atoms with Crippen molar-refractivity contribution in [1.29, 1.82) is 0 Å². The molecule has 0 aliphatic rings. The third-order valence-corrected chi connectivity index (χ3v) is 4.81. The van der Waals surface area contributed by atoms with Crippen molar-refractivity contribution >= 4 is 22.8 Å². The number of methoxy groups -OCH3 is 1. The highest BCUT2D eigenvalue weighted by Gasteiger charge is 2.08. The topological polar surface area (TPSA) is 50.8 Å². The Labute approximate surface area is 140 Å². The molecule has 1 N–H and O–H groups in total. The minimum absolute atomic E-state index is 0.796. The van der Waals surface area contributed by atoms with Crippen LogP contribution in [0.25, 0.3) is 11.0 Å². The van der Waals surface area contributed by atoms with E-state index in [1.165, 1.54) is 11.1 Å². The van der Waals surface area contributed by atoms with E-state index in [4.69, 9.17) is 4.74 Å². The molecule has 0 fully saturated rings. The molecule has 23 heavy (non-hydrogen) atoms. The molecule has 0 aliphatic carbocycles. The van der Waals surface area contributed by atoms with Crippen molar-refractivity contribution in [2.45, 2.75) is 30.7 Å². The van der Waals surface area contributed by atoms with Crippen molar-refractivity contribution in [1.82, 2.24) is 15.0 Å². The molecule has 3 rings (SSSR count). The van der Waals surface area contributed by atoms with Crippen LogP contribution in [-0.4, -0.2) is 28.7 Å². The summed E-state index contributed by atoms with van der Waals surface area (Å²) in [6.45, 7) is 2.95. The van der Waals surface area contributed by atoms with Crippen LogP contribution in [0.3, 0.4) is 0 Å². The third-order valence-electron chi connectivity index (χ3n) is 3.93. The fourth-order valence-corrected chi connectivity index (χ4v) is 3.49. The summed E-state index contributed by atoms with van der Waals surface area (Å²) in [6, 6.07) is 10.2. The first-order valence-corrected chi connectivity index (χ1v) is 8.76. The van der Waals surface area contributed by atoms with Crippen molar-refractivity contribution in [2.24, 2.45) is 0 Å². The van der Waals surface area contributed by atoms with Crippen LogP contribution in [0.5, 0.6) is 0 Å². The summed E-state index contributed by atoms with van der Waals surface area (Å²) in [5.74, 6) is 0.823. The highest BCUT2D eigenvalue weighted by molar-refractivity contribution is 7.98. The van der Waals surface area contributed by atoms with E-state index < -0.39 is 0 Å². The van der Waals surface area contributed by atoms with Crippen molar-refractivity contribution in [3.63, 3.8) is 0 Å². The largest absolute Gasteiger partial charge is 0.385 e. The fraction of sp³-hybridized carbons (Fsp3) is 0.333. The molecule has 0 spiro atoms. The van der Waals surface area contributed by atoms with Crippen LogP contribution in [0.15, 0.2) is 41.7 Å². The van der Waals surface area contributed by atoms with Gasteiger partial charge >= 0.3 is 0 Å². The van der Waals surface area contributed by atoms with Crippen LogP contribution in [0.1, 0.15) is 23.2 Å². The predicted molar refractivity (Wildman–Crippen MR) is 94.8 cm³/mol. The number of ether oxygens (including phenoxy) is 1. The summed E-state index contributed by atoms with van der Waals surface area (Å²) in [5.41, 5.74) is 5.86. The lowest BCUT2D eigenvalue weighted by atomic mass is 10.0. The summed E-state index contributed by atoms with van der Waals surface area (Å²) in [6.07, 6.45) is 3.98. The zero-order chi connectivity index (χ0) is 16.1. The van der Waals surface area contributed by atoms with Gasteiger partial charge in [0.2, 0.25) is 0 Å². The summed E-state index contributed by atoms with van der Waals surface area (Å²) < 4.78 is 5.14. The molecule has 1 aromatic carbocycles. The fourth-order valence-electron chi connectivity index (χ4n) is 2.58. The lowest BCUT2D eigenvalue weighted by molar-refractivity contribution is 0.195. The number of aryl methyl sites for hydroxylation is 1. The normalized spacial score (nSPS) is 11.2. The van der Waals surface area contributed by atoms with Gasteiger partial charge in [0.1, 0.15) is 0 Å². The molecule has 0 amide bonds.